The van der Waals surface area contributed by atoms with Crippen molar-refractivity contribution in [3.05, 3.63) is 0 Å². The van der Waals surface area contributed by atoms with Crippen molar-refractivity contribution in [3.63, 3.8) is 0 Å². The fourth-order valence-electron chi connectivity index (χ4n) is 1.67. The molecule has 0 aliphatic heterocycles. The molecule has 0 saturated carbocycles. The second kappa shape index (κ2) is 8.53. The highest BCUT2D eigenvalue weighted by molar-refractivity contribution is 5.76. The molecule has 96 valence electrons. The van der Waals surface area contributed by atoms with Crippen LogP contribution in [0.25, 0.3) is 0 Å². The van der Waals surface area contributed by atoms with E-state index in [1.54, 1.807) is 0 Å². The number of rotatable bonds is 8. The molecule has 0 radical (unpaired) electrons. The van der Waals surface area contributed by atoms with Crippen molar-refractivity contribution >= 4 is 5.91 Å². The van der Waals surface area contributed by atoms with Crippen molar-refractivity contribution in [2.75, 3.05) is 6.54 Å². The van der Waals surface area contributed by atoms with Crippen LogP contribution in [0.15, 0.2) is 0 Å². The van der Waals surface area contributed by atoms with Gasteiger partial charge in [-0.3, -0.25) is 4.79 Å². The Hall–Kier alpha value is -0.610. The van der Waals surface area contributed by atoms with E-state index in [1.165, 1.54) is 0 Å². The molecule has 2 unspecified atom stereocenters. The predicted molar refractivity (Wildman–Crippen MR) is 66.0 cm³/mol. The number of carbonyl (C=O) groups excluding carboxylic acids is 1. The van der Waals surface area contributed by atoms with Gasteiger partial charge in [-0.15, -0.1) is 0 Å². The molecular formula is C12H26N2O2. The van der Waals surface area contributed by atoms with Crippen molar-refractivity contribution in [1.82, 2.24) is 5.32 Å². The van der Waals surface area contributed by atoms with E-state index in [2.05, 4.69) is 5.32 Å². The van der Waals surface area contributed by atoms with Gasteiger partial charge in [0.05, 0.1) is 6.10 Å². The maximum atomic E-state index is 11.4. The lowest BCUT2D eigenvalue weighted by atomic mass is 9.96. The first kappa shape index (κ1) is 15.4. The van der Waals surface area contributed by atoms with Crippen molar-refractivity contribution in [2.45, 2.75) is 58.6 Å². The van der Waals surface area contributed by atoms with Gasteiger partial charge < -0.3 is 16.2 Å². The smallest absolute Gasteiger partial charge is 0.221 e. The van der Waals surface area contributed by atoms with Gasteiger partial charge in [0.1, 0.15) is 0 Å². The third kappa shape index (κ3) is 6.08. The average Bonchev–Trinajstić information content (AvgIpc) is 2.27. The Morgan fingerprint density at radius 3 is 2.25 bits per heavy atom. The van der Waals surface area contributed by atoms with Crippen LogP contribution in [0.5, 0.6) is 0 Å². The van der Waals surface area contributed by atoms with E-state index in [4.69, 9.17) is 5.73 Å². The van der Waals surface area contributed by atoms with E-state index in [0.29, 0.717) is 13.0 Å². The zero-order valence-corrected chi connectivity index (χ0v) is 10.7. The number of hydrogen-bond acceptors (Lipinski definition) is 3. The molecule has 16 heavy (non-hydrogen) atoms. The Morgan fingerprint density at radius 1 is 1.25 bits per heavy atom. The summed E-state index contributed by atoms with van der Waals surface area (Å²) in [4.78, 5) is 11.4. The molecule has 4 N–H and O–H groups in total. The first-order chi connectivity index (χ1) is 7.54. The van der Waals surface area contributed by atoms with Gasteiger partial charge in [-0.05, 0) is 12.3 Å². The van der Waals surface area contributed by atoms with Crippen LogP contribution in [0.3, 0.4) is 0 Å². The number of aliphatic hydroxyl groups is 1. The molecule has 0 saturated heterocycles. The number of carbonyl (C=O) groups is 1. The molecule has 0 aliphatic rings. The third-order valence-electron chi connectivity index (χ3n) is 3.07. The Labute approximate surface area is 98.6 Å². The van der Waals surface area contributed by atoms with Gasteiger partial charge in [0.15, 0.2) is 0 Å². The third-order valence-corrected chi connectivity index (χ3v) is 3.07. The quantitative estimate of drug-likeness (QED) is 0.583. The second-order valence-electron chi connectivity index (χ2n) is 4.32. The van der Waals surface area contributed by atoms with Crippen LogP contribution in [0.4, 0.5) is 0 Å². The summed E-state index contributed by atoms with van der Waals surface area (Å²) in [5.41, 5.74) is 5.67. The summed E-state index contributed by atoms with van der Waals surface area (Å²) in [7, 11) is 0. The van der Waals surface area contributed by atoms with E-state index in [0.717, 1.165) is 19.3 Å². The van der Waals surface area contributed by atoms with Gasteiger partial charge in [0.2, 0.25) is 5.91 Å². The fourth-order valence-corrected chi connectivity index (χ4v) is 1.67. The molecule has 0 rings (SSSR count). The molecular weight excluding hydrogens is 204 g/mol. The van der Waals surface area contributed by atoms with Gasteiger partial charge in [-0.2, -0.15) is 0 Å². The predicted octanol–water partition coefficient (Wildman–Crippen LogP) is 1.03. The zero-order valence-electron chi connectivity index (χ0n) is 10.7. The highest BCUT2D eigenvalue weighted by atomic mass is 16.3. The largest absolute Gasteiger partial charge is 0.391 e. The SMILES string of the molecule is CCC(N)CC(=O)NCC(O)C(CC)CC. The van der Waals surface area contributed by atoms with E-state index >= 15 is 0 Å². The zero-order chi connectivity index (χ0) is 12.6. The monoisotopic (exact) mass is 230 g/mol. The van der Waals surface area contributed by atoms with Gasteiger partial charge in [-0.25, -0.2) is 0 Å². The van der Waals surface area contributed by atoms with Crippen LogP contribution < -0.4 is 11.1 Å². The lowest BCUT2D eigenvalue weighted by molar-refractivity contribution is -0.122. The Balaban J connectivity index is 3.82. The van der Waals surface area contributed by atoms with Crippen molar-refractivity contribution in [3.8, 4) is 0 Å². The topological polar surface area (TPSA) is 75.4 Å². The van der Waals surface area contributed by atoms with E-state index in [-0.39, 0.29) is 17.9 Å². The highest BCUT2D eigenvalue weighted by Gasteiger charge is 2.16. The lowest BCUT2D eigenvalue weighted by Crippen LogP contribution is -2.38. The van der Waals surface area contributed by atoms with E-state index < -0.39 is 6.10 Å². The molecule has 0 aromatic rings. The van der Waals surface area contributed by atoms with Crippen LogP contribution in [0, 0.1) is 5.92 Å². The van der Waals surface area contributed by atoms with Gasteiger partial charge in [0, 0.05) is 19.0 Å². The number of amides is 1. The van der Waals surface area contributed by atoms with Crippen LogP contribution in [0.1, 0.15) is 46.5 Å². The number of nitrogens with two attached hydrogens (primary N) is 1. The van der Waals surface area contributed by atoms with E-state index in [1.807, 2.05) is 20.8 Å². The molecule has 4 nitrogen and oxygen atoms in total. The molecule has 0 aromatic heterocycles. The fraction of sp³-hybridized carbons (Fsp3) is 0.917. The standard InChI is InChI=1S/C12H26N2O2/c1-4-9(5-2)11(15)8-14-12(16)7-10(13)6-3/h9-11,15H,4-8,13H2,1-3H3,(H,14,16). The normalized spacial score (nSPS) is 14.9. The maximum Gasteiger partial charge on any atom is 0.221 e. The number of aliphatic hydroxyl groups excluding tert-OH is 1. The van der Waals surface area contributed by atoms with Crippen LogP contribution in [0.2, 0.25) is 0 Å². The minimum atomic E-state index is -0.447. The molecule has 0 aliphatic carbocycles. The summed E-state index contributed by atoms with van der Waals surface area (Å²) >= 11 is 0. The summed E-state index contributed by atoms with van der Waals surface area (Å²) in [6, 6.07) is -0.0784. The van der Waals surface area contributed by atoms with Crippen molar-refractivity contribution < 1.29 is 9.90 Å². The van der Waals surface area contributed by atoms with Crippen LogP contribution in [-0.2, 0) is 4.79 Å². The van der Waals surface area contributed by atoms with Gasteiger partial charge >= 0.3 is 0 Å². The summed E-state index contributed by atoms with van der Waals surface area (Å²) < 4.78 is 0. The lowest BCUT2D eigenvalue weighted by Gasteiger charge is -2.20. The highest BCUT2D eigenvalue weighted by Crippen LogP contribution is 2.12. The molecule has 2 atom stereocenters. The molecule has 0 aromatic carbocycles. The first-order valence-electron chi connectivity index (χ1n) is 6.25. The number of nitrogens with one attached hydrogen (secondary N) is 1. The molecule has 0 spiro atoms. The minimum Gasteiger partial charge on any atom is -0.391 e. The van der Waals surface area contributed by atoms with Gasteiger partial charge in [0.25, 0.3) is 0 Å². The van der Waals surface area contributed by atoms with Crippen molar-refractivity contribution in [1.29, 1.82) is 0 Å². The summed E-state index contributed by atoms with van der Waals surface area (Å²) in [5.74, 6) is 0.194. The second-order valence-corrected chi connectivity index (χ2v) is 4.32. The Morgan fingerprint density at radius 2 is 1.81 bits per heavy atom. The Bertz CT molecular complexity index is 193. The van der Waals surface area contributed by atoms with E-state index in [9.17, 15) is 9.90 Å². The number of hydrogen-bond donors (Lipinski definition) is 3. The van der Waals surface area contributed by atoms with Crippen molar-refractivity contribution in [2.24, 2.45) is 11.7 Å². The summed E-state index contributed by atoms with van der Waals surface area (Å²) in [6.45, 7) is 6.39. The summed E-state index contributed by atoms with van der Waals surface area (Å²) in [6.07, 6.45) is 2.55. The van der Waals surface area contributed by atoms with Crippen LogP contribution in [-0.4, -0.2) is 29.7 Å². The van der Waals surface area contributed by atoms with Crippen LogP contribution >= 0.6 is 0 Å². The summed E-state index contributed by atoms with van der Waals surface area (Å²) in [5, 5.41) is 12.5. The molecule has 0 heterocycles. The maximum absolute atomic E-state index is 11.4. The molecule has 4 heteroatoms. The Kier molecular flexibility index (Phi) is 8.21. The molecule has 1 amide bonds. The first-order valence-corrected chi connectivity index (χ1v) is 6.25. The van der Waals surface area contributed by atoms with Gasteiger partial charge in [-0.1, -0.05) is 33.6 Å². The molecule has 0 bridgehead atoms. The molecule has 0 fully saturated rings. The minimum absolute atomic E-state index is 0.0700. The average molecular weight is 230 g/mol.